The predicted molar refractivity (Wildman–Crippen MR) is 158 cm³/mol. The lowest BCUT2D eigenvalue weighted by atomic mass is 9.99. The van der Waals surface area contributed by atoms with Crippen LogP contribution in [0.25, 0.3) is 0 Å². The van der Waals surface area contributed by atoms with Crippen molar-refractivity contribution in [3.63, 3.8) is 0 Å². The molecule has 0 radical (unpaired) electrons. The Morgan fingerprint density at radius 1 is 0.913 bits per heavy atom. The minimum atomic E-state index is -4.93. The quantitative estimate of drug-likeness (QED) is 0.208. The second-order valence-electron chi connectivity index (χ2n) is 11.5. The Balaban J connectivity index is 1.45. The molecular weight excluding hydrogens is 616 g/mol. The molecule has 2 atom stereocenters. The van der Waals surface area contributed by atoms with E-state index in [9.17, 15) is 31.1 Å². The summed E-state index contributed by atoms with van der Waals surface area (Å²) in [6.07, 6.45) is -9.32. The number of piperazine rings is 1. The van der Waals surface area contributed by atoms with Gasteiger partial charge in [-0.2, -0.15) is 31.4 Å². The third-order valence-electron chi connectivity index (χ3n) is 8.11. The first-order valence-electron chi connectivity index (χ1n) is 15.1. The molecule has 2 aromatic rings. The summed E-state index contributed by atoms with van der Waals surface area (Å²) in [6.45, 7) is 9.12. The van der Waals surface area contributed by atoms with E-state index < -0.39 is 36.1 Å². The molecule has 13 heteroatoms. The summed E-state index contributed by atoms with van der Waals surface area (Å²) < 4.78 is 91.0. The molecule has 252 valence electrons. The molecular formula is C33H39F6N3O4. The molecule has 0 unspecified atom stereocenters. The van der Waals surface area contributed by atoms with Gasteiger partial charge in [0.25, 0.3) is 0 Å². The SMILES string of the molecule is CCOC(=O)[C@@H]1COCCN1CC#CCN1CCN(OCc2cc(C(F)(F)F)cc(C(F)(F)F)c2)[C@H](Cc2ccc(C)c(C)c2)C1. The normalized spacial score (nSPS) is 20.3. The van der Waals surface area contributed by atoms with Crippen LogP contribution in [0.4, 0.5) is 26.3 Å². The Bertz CT molecular complexity index is 1370. The van der Waals surface area contributed by atoms with Gasteiger partial charge in [-0.15, -0.1) is 0 Å². The van der Waals surface area contributed by atoms with E-state index in [-0.39, 0.29) is 36.9 Å². The third-order valence-corrected chi connectivity index (χ3v) is 8.11. The van der Waals surface area contributed by atoms with Gasteiger partial charge in [0.1, 0.15) is 6.04 Å². The molecule has 7 nitrogen and oxygen atoms in total. The van der Waals surface area contributed by atoms with Gasteiger partial charge in [-0.1, -0.05) is 30.0 Å². The number of carbonyl (C=O) groups excluding carboxylic acids is 1. The maximum atomic E-state index is 13.4. The van der Waals surface area contributed by atoms with Crippen LogP contribution in [-0.2, 0) is 44.5 Å². The number of benzene rings is 2. The third kappa shape index (κ3) is 9.92. The van der Waals surface area contributed by atoms with Crippen LogP contribution >= 0.6 is 0 Å². The van der Waals surface area contributed by atoms with Crippen LogP contribution in [-0.4, -0.2) is 92.0 Å². The number of esters is 1. The van der Waals surface area contributed by atoms with Crippen LogP contribution in [0.2, 0.25) is 0 Å². The molecule has 2 fully saturated rings. The van der Waals surface area contributed by atoms with Crippen molar-refractivity contribution in [3.05, 3.63) is 69.8 Å². The van der Waals surface area contributed by atoms with E-state index >= 15 is 0 Å². The van der Waals surface area contributed by atoms with Gasteiger partial charge in [0.15, 0.2) is 0 Å². The zero-order valence-corrected chi connectivity index (χ0v) is 26.1. The number of aryl methyl sites for hydroxylation is 2. The van der Waals surface area contributed by atoms with Crippen LogP contribution in [0.3, 0.4) is 0 Å². The van der Waals surface area contributed by atoms with E-state index in [0.717, 1.165) is 16.7 Å². The fraction of sp³-hybridized carbons (Fsp3) is 0.545. The second-order valence-corrected chi connectivity index (χ2v) is 11.5. The second kappa shape index (κ2) is 15.6. The van der Waals surface area contributed by atoms with Crippen molar-refractivity contribution >= 4 is 5.97 Å². The maximum absolute atomic E-state index is 13.4. The van der Waals surface area contributed by atoms with Gasteiger partial charge >= 0.3 is 18.3 Å². The zero-order chi connectivity index (χ0) is 33.5. The minimum absolute atomic E-state index is 0.113. The Morgan fingerprint density at radius 3 is 2.26 bits per heavy atom. The molecule has 2 aromatic carbocycles. The topological polar surface area (TPSA) is 54.5 Å². The Morgan fingerprint density at radius 2 is 1.61 bits per heavy atom. The van der Waals surface area contributed by atoms with Gasteiger partial charge in [-0.25, -0.2) is 0 Å². The highest BCUT2D eigenvalue weighted by Gasteiger charge is 2.37. The number of carbonyl (C=O) groups is 1. The number of hydroxylamine groups is 2. The largest absolute Gasteiger partial charge is 0.465 e. The molecule has 2 aliphatic heterocycles. The van der Waals surface area contributed by atoms with E-state index in [1.807, 2.05) is 30.9 Å². The first-order valence-corrected chi connectivity index (χ1v) is 15.1. The summed E-state index contributed by atoms with van der Waals surface area (Å²) in [6, 6.07) is 6.84. The van der Waals surface area contributed by atoms with E-state index in [2.05, 4.69) is 22.8 Å². The summed E-state index contributed by atoms with van der Waals surface area (Å²) in [5.41, 5.74) is 0.308. The molecule has 2 aliphatic rings. The minimum Gasteiger partial charge on any atom is -0.465 e. The Labute approximate surface area is 265 Å². The molecule has 0 N–H and O–H groups in total. The molecule has 2 heterocycles. The maximum Gasteiger partial charge on any atom is 0.416 e. The zero-order valence-electron chi connectivity index (χ0n) is 26.1. The smallest absolute Gasteiger partial charge is 0.416 e. The van der Waals surface area contributed by atoms with Gasteiger partial charge in [0.2, 0.25) is 0 Å². The molecule has 0 saturated carbocycles. The molecule has 0 aliphatic carbocycles. The number of rotatable bonds is 9. The average molecular weight is 656 g/mol. The van der Waals surface area contributed by atoms with Crippen molar-refractivity contribution in [3.8, 4) is 11.8 Å². The van der Waals surface area contributed by atoms with Gasteiger partial charge in [-0.3, -0.25) is 19.4 Å². The van der Waals surface area contributed by atoms with E-state index in [4.69, 9.17) is 14.3 Å². The van der Waals surface area contributed by atoms with Gasteiger partial charge < -0.3 is 9.47 Å². The summed E-state index contributed by atoms with van der Waals surface area (Å²) in [5, 5.41) is 1.66. The molecule has 4 rings (SSSR count). The number of nitrogens with zero attached hydrogens (tertiary/aromatic N) is 3. The molecule has 0 bridgehead atoms. The monoisotopic (exact) mass is 655 g/mol. The van der Waals surface area contributed by atoms with Gasteiger partial charge in [-0.05, 0) is 67.6 Å². The van der Waals surface area contributed by atoms with E-state index in [1.165, 1.54) is 0 Å². The molecule has 0 amide bonds. The van der Waals surface area contributed by atoms with Gasteiger partial charge in [0.05, 0.1) is 56.7 Å². The summed E-state index contributed by atoms with van der Waals surface area (Å²) in [7, 11) is 0. The number of ether oxygens (including phenoxy) is 2. The lowest BCUT2D eigenvalue weighted by Crippen LogP contribution is -2.53. The Hall–Kier alpha value is -3.15. The number of morpholine rings is 1. The summed E-state index contributed by atoms with van der Waals surface area (Å²) in [5.74, 6) is 5.98. The standard InChI is InChI=1S/C33H39F6N3O4/c1-4-45-31(43)30-22-44-14-13-41(30)10-6-5-9-40-11-12-42(29(20-40)18-25-8-7-23(2)24(3)15-25)46-21-26-16-27(32(34,35)36)19-28(17-26)33(37,38)39/h7-8,15-17,19,29-30H,4,9-14,18,20-22H2,1-3H3/t29-,30+/m1/s1. The number of halogens is 6. The average Bonchev–Trinajstić information content (AvgIpc) is 3.00. The van der Waals surface area contributed by atoms with E-state index in [1.54, 1.807) is 12.0 Å². The van der Waals surface area contributed by atoms with E-state index in [0.29, 0.717) is 64.4 Å². The fourth-order valence-electron chi connectivity index (χ4n) is 5.45. The lowest BCUT2D eigenvalue weighted by molar-refractivity contribution is -0.214. The predicted octanol–water partition coefficient (Wildman–Crippen LogP) is 5.27. The Kier molecular flexibility index (Phi) is 12.1. The highest BCUT2D eigenvalue weighted by molar-refractivity contribution is 5.76. The summed E-state index contributed by atoms with van der Waals surface area (Å²) in [4.78, 5) is 22.3. The molecule has 46 heavy (non-hydrogen) atoms. The van der Waals surface area contributed by atoms with Crippen molar-refractivity contribution in [1.29, 1.82) is 0 Å². The first-order chi connectivity index (χ1) is 21.7. The van der Waals surface area contributed by atoms with Crippen molar-refractivity contribution in [2.75, 3.05) is 59.1 Å². The number of hydrogen-bond acceptors (Lipinski definition) is 7. The molecule has 2 saturated heterocycles. The number of alkyl halides is 6. The van der Waals surface area contributed by atoms with Crippen LogP contribution < -0.4 is 0 Å². The van der Waals surface area contributed by atoms with Crippen molar-refractivity contribution in [2.24, 2.45) is 0 Å². The summed E-state index contributed by atoms with van der Waals surface area (Å²) >= 11 is 0. The van der Waals surface area contributed by atoms with Gasteiger partial charge in [0, 0.05) is 26.2 Å². The highest BCUT2D eigenvalue weighted by Crippen LogP contribution is 2.36. The fourth-order valence-corrected chi connectivity index (χ4v) is 5.45. The van der Waals surface area contributed by atoms with Crippen molar-refractivity contribution < 1.29 is 45.4 Å². The molecule has 0 spiro atoms. The first kappa shape index (κ1) is 35.7. The van der Waals surface area contributed by atoms with Crippen LogP contribution in [0.1, 0.15) is 40.3 Å². The molecule has 0 aromatic heterocycles. The number of hydrogen-bond donors (Lipinski definition) is 0. The van der Waals surface area contributed by atoms with Crippen LogP contribution in [0, 0.1) is 25.7 Å². The van der Waals surface area contributed by atoms with Crippen LogP contribution in [0.15, 0.2) is 36.4 Å². The van der Waals surface area contributed by atoms with Crippen LogP contribution in [0.5, 0.6) is 0 Å². The highest BCUT2D eigenvalue weighted by atomic mass is 19.4. The lowest BCUT2D eigenvalue weighted by Gasteiger charge is -2.40. The van der Waals surface area contributed by atoms with Crippen molar-refractivity contribution in [1.82, 2.24) is 14.9 Å². The van der Waals surface area contributed by atoms with Crippen molar-refractivity contribution in [2.45, 2.75) is 58.2 Å².